The van der Waals surface area contributed by atoms with Crippen molar-refractivity contribution in [3.8, 4) is 0 Å². The molecule has 0 aromatic heterocycles. The summed E-state index contributed by atoms with van der Waals surface area (Å²) in [4.78, 5) is 10.3. The van der Waals surface area contributed by atoms with Gasteiger partial charge in [0.2, 0.25) is 10.0 Å². The molecule has 0 radical (unpaired) electrons. The summed E-state index contributed by atoms with van der Waals surface area (Å²) in [5.74, 6) is 2.28. The lowest BCUT2D eigenvalue weighted by molar-refractivity contribution is -0.384. The summed E-state index contributed by atoms with van der Waals surface area (Å²) in [6, 6.07) is 4.99. The summed E-state index contributed by atoms with van der Waals surface area (Å²) in [6.45, 7) is 2.00. The van der Waals surface area contributed by atoms with Crippen molar-refractivity contribution in [2.75, 3.05) is 0 Å². The van der Waals surface area contributed by atoms with Crippen LogP contribution in [0.15, 0.2) is 29.2 Å². The molecule has 1 N–H and O–H groups in total. The summed E-state index contributed by atoms with van der Waals surface area (Å²) in [7, 11) is -3.67. The van der Waals surface area contributed by atoms with Gasteiger partial charge in [0, 0.05) is 18.2 Å². The predicted molar refractivity (Wildman–Crippen MR) is 93.5 cm³/mol. The molecule has 4 saturated carbocycles. The van der Waals surface area contributed by atoms with Gasteiger partial charge in [0.15, 0.2) is 0 Å². The third kappa shape index (κ3) is 2.97. The van der Waals surface area contributed by atoms with Gasteiger partial charge in [0.1, 0.15) is 0 Å². The Kier molecular flexibility index (Phi) is 3.92. The van der Waals surface area contributed by atoms with Gasteiger partial charge in [-0.3, -0.25) is 10.1 Å². The first-order chi connectivity index (χ1) is 11.8. The molecule has 6 nitrogen and oxygen atoms in total. The fourth-order valence-electron chi connectivity index (χ4n) is 5.88. The van der Waals surface area contributed by atoms with Crippen LogP contribution in [0.1, 0.15) is 45.4 Å². The van der Waals surface area contributed by atoms with Gasteiger partial charge in [0.25, 0.3) is 5.69 Å². The number of sulfonamides is 1. The van der Waals surface area contributed by atoms with E-state index in [1.165, 1.54) is 43.5 Å². The van der Waals surface area contributed by atoms with Crippen molar-refractivity contribution in [1.82, 2.24) is 4.72 Å². The number of nitrogens with zero attached hydrogens (tertiary/aromatic N) is 1. The number of nitro benzene ring substituents is 1. The van der Waals surface area contributed by atoms with E-state index < -0.39 is 14.9 Å². The topological polar surface area (TPSA) is 89.3 Å². The summed E-state index contributed by atoms with van der Waals surface area (Å²) in [5.41, 5.74) is -0.0177. The minimum atomic E-state index is -3.67. The molecule has 0 aliphatic heterocycles. The number of non-ortho nitro benzene ring substituents is 1. The van der Waals surface area contributed by atoms with Crippen molar-refractivity contribution in [2.45, 2.75) is 56.4 Å². The summed E-state index contributed by atoms with van der Waals surface area (Å²) in [5, 5.41) is 10.7. The van der Waals surface area contributed by atoms with Gasteiger partial charge in [-0.2, -0.15) is 0 Å². The third-order valence-corrected chi connectivity index (χ3v) is 8.25. The number of benzene rings is 1. The minimum absolute atomic E-state index is 0.0859. The van der Waals surface area contributed by atoms with Gasteiger partial charge >= 0.3 is 0 Å². The van der Waals surface area contributed by atoms with Crippen LogP contribution in [0.25, 0.3) is 0 Å². The highest BCUT2D eigenvalue weighted by Crippen LogP contribution is 2.61. The number of rotatable bonds is 5. The smallest absolute Gasteiger partial charge is 0.258 e. The van der Waals surface area contributed by atoms with E-state index >= 15 is 0 Å². The van der Waals surface area contributed by atoms with E-state index in [9.17, 15) is 18.5 Å². The highest BCUT2D eigenvalue weighted by atomic mass is 32.2. The Bertz CT molecular complexity index is 753. The Morgan fingerprint density at radius 3 is 2.00 bits per heavy atom. The van der Waals surface area contributed by atoms with E-state index in [0.29, 0.717) is 0 Å². The zero-order chi connectivity index (χ0) is 17.8. The first kappa shape index (κ1) is 17.0. The fraction of sp³-hybridized carbons (Fsp3) is 0.667. The maximum absolute atomic E-state index is 12.7. The van der Waals surface area contributed by atoms with Crippen LogP contribution in [0.2, 0.25) is 0 Å². The predicted octanol–water partition coefficient (Wildman–Crippen LogP) is 3.48. The van der Waals surface area contributed by atoms with E-state index in [4.69, 9.17) is 0 Å². The molecule has 7 heteroatoms. The van der Waals surface area contributed by atoms with Gasteiger partial charge in [-0.1, -0.05) is 0 Å². The fourth-order valence-corrected chi connectivity index (χ4v) is 7.23. The molecule has 0 unspecified atom stereocenters. The molecule has 25 heavy (non-hydrogen) atoms. The highest BCUT2D eigenvalue weighted by Gasteiger charge is 2.53. The van der Waals surface area contributed by atoms with Crippen molar-refractivity contribution in [3.05, 3.63) is 34.4 Å². The molecule has 0 spiro atoms. The Labute approximate surface area is 148 Å². The monoisotopic (exact) mass is 364 g/mol. The van der Waals surface area contributed by atoms with Crippen molar-refractivity contribution in [1.29, 1.82) is 0 Å². The van der Waals surface area contributed by atoms with Crippen molar-refractivity contribution >= 4 is 15.7 Å². The quantitative estimate of drug-likeness (QED) is 0.640. The van der Waals surface area contributed by atoms with Gasteiger partial charge < -0.3 is 0 Å². The molecule has 4 bridgehead atoms. The van der Waals surface area contributed by atoms with E-state index in [1.807, 2.05) is 6.92 Å². The van der Waals surface area contributed by atoms with E-state index in [0.717, 1.165) is 37.0 Å². The Morgan fingerprint density at radius 2 is 1.56 bits per heavy atom. The SMILES string of the molecule is C[C@H](NS(=O)(=O)c1ccc([N+](=O)[O-])cc1)C12CC3CC(CC(C3)C1)C2. The molecule has 4 aliphatic carbocycles. The second-order valence-corrected chi connectivity index (χ2v) is 10.1. The minimum Gasteiger partial charge on any atom is -0.258 e. The molecule has 1 atom stereocenters. The number of nitro groups is 1. The molecule has 0 saturated heterocycles. The molecule has 4 aliphatic rings. The van der Waals surface area contributed by atoms with Crippen molar-refractivity contribution in [3.63, 3.8) is 0 Å². The lowest BCUT2D eigenvalue weighted by atomic mass is 9.48. The van der Waals surface area contributed by atoms with Crippen molar-refractivity contribution in [2.24, 2.45) is 23.2 Å². The summed E-state index contributed by atoms with van der Waals surface area (Å²) in [6.07, 6.45) is 7.35. The van der Waals surface area contributed by atoms with Crippen molar-refractivity contribution < 1.29 is 13.3 Å². The maximum Gasteiger partial charge on any atom is 0.269 e. The van der Waals surface area contributed by atoms with E-state index in [-0.39, 0.29) is 22.0 Å². The largest absolute Gasteiger partial charge is 0.269 e. The zero-order valence-electron chi connectivity index (χ0n) is 14.3. The lowest BCUT2D eigenvalue weighted by Gasteiger charge is -2.59. The molecule has 0 heterocycles. The van der Waals surface area contributed by atoms with E-state index in [2.05, 4.69) is 4.72 Å². The molecular weight excluding hydrogens is 340 g/mol. The number of hydrogen-bond donors (Lipinski definition) is 1. The van der Waals surface area contributed by atoms with Crippen LogP contribution >= 0.6 is 0 Å². The highest BCUT2D eigenvalue weighted by molar-refractivity contribution is 7.89. The average molecular weight is 364 g/mol. The standard InChI is InChI=1S/C18H24N2O4S/c1-12(18-9-13-6-14(10-18)8-15(7-13)11-18)19-25(23,24)17-4-2-16(3-5-17)20(21)22/h2-5,12-15,19H,6-11H2,1H3/t12-,13?,14?,15?,18?/m0/s1. The van der Waals surface area contributed by atoms with Crippen LogP contribution < -0.4 is 4.72 Å². The second-order valence-electron chi connectivity index (χ2n) is 8.37. The third-order valence-electron chi connectivity index (χ3n) is 6.69. The second kappa shape index (κ2) is 5.77. The Morgan fingerprint density at radius 1 is 1.08 bits per heavy atom. The van der Waals surface area contributed by atoms with Crippen LogP contribution in [0.3, 0.4) is 0 Å². The zero-order valence-corrected chi connectivity index (χ0v) is 15.2. The first-order valence-corrected chi connectivity index (χ1v) is 10.5. The summed E-state index contributed by atoms with van der Waals surface area (Å²) >= 11 is 0. The molecule has 0 amide bonds. The summed E-state index contributed by atoms with van der Waals surface area (Å²) < 4.78 is 28.4. The van der Waals surface area contributed by atoms with Gasteiger partial charge in [-0.15, -0.1) is 0 Å². The average Bonchev–Trinajstić information content (AvgIpc) is 2.53. The van der Waals surface area contributed by atoms with Crippen LogP contribution in [-0.4, -0.2) is 19.4 Å². The molecule has 136 valence electrons. The molecular formula is C18H24N2O4S. The van der Waals surface area contributed by atoms with Gasteiger partial charge in [-0.25, -0.2) is 13.1 Å². The van der Waals surface area contributed by atoms with Crippen LogP contribution in [0.4, 0.5) is 5.69 Å². The van der Waals surface area contributed by atoms with Gasteiger partial charge in [0.05, 0.1) is 9.82 Å². The Hall–Kier alpha value is -1.47. The maximum atomic E-state index is 12.7. The molecule has 5 rings (SSSR count). The van der Waals surface area contributed by atoms with E-state index in [1.54, 1.807) is 0 Å². The van der Waals surface area contributed by atoms with Crippen LogP contribution in [0, 0.1) is 33.3 Å². The number of hydrogen-bond acceptors (Lipinski definition) is 4. The molecule has 4 fully saturated rings. The Balaban J connectivity index is 1.53. The normalized spacial score (nSPS) is 34.8. The molecule has 1 aromatic rings. The lowest BCUT2D eigenvalue weighted by Crippen LogP contribution is -2.55. The number of nitrogens with one attached hydrogen (secondary N) is 1. The van der Waals surface area contributed by atoms with Crippen LogP contribution in [0.5, 0.6) is 0 Å². The van der Waals surface area contributed by atoms with Gasteiger partial charge in [-0.05, 0) is 80.8 Å². The first-order valence-electron chi connectivity index (χ1n) is 9.04. The van der Waals surface area contributed by atoms with Crippen LogP contribution in [-0.2, 0) is 10.0 Å². The molecule has 1 aromatic carbocycles.